The second kappa shape index (κ2) is 4.73. The lowest BCUT2D eigenvalue weighted by Gasteiger charge is -2.21. The van der Waals surface area contributed by atoms with Gasteiger partial charge in [0, 0.05) is 0 Å². The van der Waals surface area contributed by atoms with Crippen molar-refractivity contribution in [1.29, 1.82) is 0 Å². The van der Waals surface area contributed by atoms with Crippen LogP contribution < -0.4 is 0 Å². The van der Waals surface area contributed by atoms with Gasteiger partial charge in [0.05, 0.1) is 6.10 Å². The van der Waals surface area contributed by atoms with Crippen molar-refractivity contribution in [3.8, 4) is 0 Å². The molecule has 2 atom stereocenters. The molecule has 0 aromatic rings. The van der Waals surface area contributed by atoms with Gasteiger partial charge < -0.3 is 5.11 Å². The van der Waals surface area contributed by atoms with Crippen LogP contribution in [-0.2, 0) is 0 Å². The molecule has 0 saturated carbocycles. The van der Waals surface area contributed by atoms with Crippen LogP contribution in [0.5, 0.6) is 0 Å². The molecule has 0 aromatic heterocycles. The molecule has 0 saturated heterocycles. The lowest BCUT2D eigenvalue weighted by atomic mass is 9.92. The molecule has 0 aliphatic carbocycles. The molecule has 0 fully saturated rings. The summed E-state index contributed by atoms with van der Waals surface area (Å²) in [6, 6.07) is 0. The van der Waals surface area contributed by atoms with Gasteiger partial charge in [0.1, 0.15) is 0 Å². The molecule has 10 heavy (non-hydrogen) atoms. The Morgan fingerprint density at radius 3 is 2.00 bits per heavy atom. The van der Waals surface area contributed by atoms with E-state index in [1.165, 1.54) is 6.42 Å². The summed E-state index contributed by atoms with van der Waals surface area (Å²) >= 11 is 0. The van der Waals surface area contributed by atoms with Crippen molar-refractivity contribution in [3.63, 3.8) is 0 Å². The monoisotopic (exact) mass is 144 g/mol. The van der Waals surface area contributed by atoms with Crippen LogP contribution in [0.1, 0.15) is 40.5 Å². The standard InChI is InChI=1S/C9H20O/c1-5-6-8(4)9(10)7(2)3/h7-10H,5-6H2,1-4H3. The summed E-state index contributed by atoms with van der Waals surface area (Å²) in [4.78, 5) is 0. The molecule has 62 valence electrons. The third-order valence-corrected chi connectivity index (χ3v) is 2.01. The van der Waals surface area contributed by atoms with E-state index in [4.69, 9.17) is 0 Å². The summed E-state index contributed by atoms with van der Waals surface area (Å²) in [6.07, 6.45) is 2.20. The number of aliphatic hydroxyl groups is 1. The van der Waals surface area contributed by atoms with Crippen molar-refractivity contribution >= 4 is 0 Å². The molecule has 0 spiro atoms. The van der Waals surface area contributed by atoms with Crippen LogP contribution in [0, 0.1) is 11.8 Å². The van der Waals surface area contributed by atoms with E-state index < -0.39 is 0 Å². The quantitative estimate of drug-likeness (QED) is 0.642. The largest absolute Gasteiger partial charge is 0.393 e. The first-order valence-electron chi connectivity index (χ1n) is 4.27. The fourth-order valence-electron chi connectivity index (χ4n) is 1.28. The Morgan fingerprint density at radius 1 is 1.20 bits per heavy atom. The molecule has 0 amide bonds. The zero-order chi connectivity index (χ0) is 8.15. The highest BCUT2D eigenvalue weighted by Gasteiger charge is 2.15. The molecular formula is C9H20O. The van der Waals surface area contributed by atoms with Crippen molar-refractivity contribution < 1.29 is 5.11 Å². The molecule has 1 nitrogen and oxygen atoms in total. The average Bonchev–Trinajstić information content (AvgIpc) is 1.87. The molecule has 0 aromatic carbocycles. The highest BCUT2D eigenvalue weighted by molar-refractivity contribution is 4.66. The van der Waals surface area contributed by atoms with Crippen molar-refractivity contribution in [2.24, 2.45) is 11.8 Å². The molecule has 0 aliphatic rings. The molecule has 0 aliphatic heterocycles. The SMILES string of the molecule is CCCC(C)C(O)C(C)C. The molecule has 0 radical (unpaired) electrons. The first kappa shape index (κ1) is 9.96. The van der Waals surface area contributed by atoms with Gasteiger partial charge in [0.25, 0.3) is 0 Å². The minimum absolute atomic E-state index is 0.111. The Labute approximate surface area is 64.5 Å². The maximum Gasteiger partial charge on any atom is 0.0588 e. The molecular weight excluding hydrogens is 124 g/mol. The van der Waals surface area contributed by atoms with E-state index in [9.17, 15) is 5.11 Å². The van der Waals surface area contributed by atoms with Gasteiger partial charge in [-0.1, -0.05) is 34.1 Å². The van der Waals surface area contributed by atoms with Crippen LogP contribution in [-0.4, -0.2) is 11.2 Å². The summed E-state index contributed by atoms with van der Waals surface area (Å²) in [6.45, 7) is 8.41. The van der Waals surface area contributed by atoms with Crippen LogP contribution in [0.2, 0.25) is 0 Å². The Kier molecular flexibility index (Phi) is 4.71. The lowest BCUT2D eigenvalue weighted by Crippen LogP contribution is -2.23. The molecule has 0 rings (SSSR count). The predicted octanol–water partition coefficient (Wildman–Crippen LogP) is 2.44. The lowest BCUT2D eigenvalue weighted by molar-refractivity contribution is 0.0681. The van der Waals surface area contributed by atoms with E-state index in [0.29, 0.717) is 11.8 Å². The van der Waals surface area contributed by atoms with Crippen molar-refractivity contribution in [3.05, 3.63) is 0 Å². The fraction of sp³-hybridized carbons (Fsp3) is 1.00. The summed E-state index contributed by atoms with van der Waals surface area (Å²) in [5.41, 5.74) is 0. The van der Waals surface area contributed by atoms with Crippen LogP contribution in [0.3, 0.4) is 0 Å². The van der Waals surface area contributed by atoms with Gasteiger partial charge >= 0.3 is 0 Å². The van der Waals surface area contributed by atoms with Crippen molar-refractivity contribution in [2.75, 3.05) is 0 Å². The van der Waals surface area contributed by atoms with E-state index in [1.807, 2.05) is 0 Å². The predicted molar refractivity (Wildman–Crippen MR) is 44.9 cm³/mol. The zero-order valence-electron chi connectivity index (χ0n) is 7.59. The normalized spacial score (nSPS) is 17.4. The Balaban J connectivity index is 3.58. The number of rotatable bonds is 4. The summed E-state index contributed by atoms with van der Waals surface area (Å²) in [5, 5.41) is 9.53. The average molecular weight is 144 g/mol. The van der Waals surface area contributed by atoms with Crippen molar-refractivity contribution in [2.45, 2.75) is 46.6 Å². The highest BCUT2D eigenvalue weighted by atomic mass is 16.3. The van der Waals surface area contributed by atoms with E-state index in [0.717, 1.165) is 6.42 Å². The third kappa shape index (κ3) is 3.21. The Bertz CT molecular complexity index is 78.8. The summed E-state index contributed by atoms with van der Waals surface area (Å²) in [5.74, 6) is 0.867. The molecule has 1 heteroatoms. The second-order valence-corrected chi connectivity index (χ2v) is 3.50. The van der Waals surface area contributed by atoms with Crippen LogP contribution in [0.25, 0.3) is 0 Å². The first-order chi connectivity index (χ1) is 4.59. The zero-order valence-corrected chi connectivity index (χ0v) is 7.59. The maximum absolute atomic E-state index is 9.53. The van der Waals surface area contributed by atoms with E-state index >= 15 is 0 Å². The fourth-order valence-corrected chi connectivity index (χ4v) is 1.28. The topological polar surface area (TPSA) is 20.2 Å². The maximum atomic E-state index is 9.53. The minimum atomic E-state index is -0.111. The van der Waals surface area contributed by atoms with Crippen molar-refractivity contribution in [1.82, 2.24) is 0 Å². The van der Waals surface area contributed by atoms with Crippen LogP contribution in [0.4, 0.5) is 0 Å². The van der Waals surface area contributed by atoms with Gasteiger partial charge in [-0.05, 0) is 18.3 Å². The van der Waals surface area contributed by atoms with E-state index in [1.54, 1.807) is 0 Å². The summed E-state index contributed by atoms with van der Waals surface area (Å²) < 4.78 is 0. The molecule has 0 heterocycles. The second-order valence-electron chi connectivity index (χ2n) is 3.50. The van der Waals surface area contributed by atoms with E-state index in [2.05, 4.69) is 27.7 Å². The van der Waals surface area contributed by atoms with Gasteiger partial charge in [-0.3, -0.25) is 0 Å². The van der Waals surface area contributed by atoms with Gasteiger partial charge in [0.15, 0.2) is 0 Å². The Hall–Kier alpha value is -0.0400. The third-order valence-electron chi connectivity index (χ3n) is 2.01. The molecule has 1 N–H and O–H groups in total. The Morgan fingerprint density at radius 2 is 1.70 bits per heavy atom. The van der Waals surface area contributed by atoms with Crippen LogP contribution in [0.15, 0.2) is 0 Å². The van der Waals surface area contributed by atoms with Gasteiger partial charge in [-0.25, -0.2) is 0 Å². The molecule has 0 bridgehead atoms. The number of hydrogen-bond acceptors (Lipinski definition) is 1. The first-order valence-corrected chi connectivity index (χ1v) is 4.27. The van der Waals surface area contributed by atoms with E-state index in [-0.39, 0.29) is 6.10 Å². The van der Waals surface area contributed by atoms with Gasteiger partial charge in [-0.2, -0.15) is 0 Å². The molecule has 2 unspecified atom stereocenters. The van der Waals surface area contributed by atoms with Crippen LogP contribution >= 0.6 is 0 Å². The minimum Gasteiger partial charge on any atom is -0.393 e. The van der Waals surface area contributed by atoms with Gasteiger partial charge in [0.2, 0.25) is 0 Å². The smallest absolute Gasteiger partial charge is 0.0588 e. The highest BCUT2D eigenvalue weighted by Crippen LogP contribution is 2.16. The summed E-state index contributed by atoms with van der Waals surface area (Å²) in [7, 11) is 0. The van der Waals surface area contributed by atoms with Gasteiger partial charge in [-0.15, -0.1) is 0 Å². The number of aliphatic hydroxyl groups excluding tert-OH is 1. The number of hydrogen-bond donors (Lipinski definition) is 1.